The molecule has 1 amide bonds. The normalized spacial score (nSPS) is 16.9. The van der Waals surface area contributed by atoms with Crippen LogP contribution in [0.15, 0.2) is 60.8 Å². The first kappa shape index (κ1) is 19.4. The molecular formula is C23H25N3O3. The fraction of sp³-hybridized carbons (Fsp3) is 0.304. The van der Waals surface area contributed by atoms with Gasteiger partial charge in [-0.25, -0.2) is 0 Å². The van der Waals surface area contributed by atoms with Gasteiger partial charge in [0.25, 0.3) is 5.91 Å². The second-order valence-corrected chi connectivity index (χ2v) is 7.82. The number of nitrogens with two attached hydrogens (primary N) is 1. The number of β-amino-alcohol motifs (C(OH)–C–C–N with tert-alkyl or cyclic N) is 1. The Bertz CT molecular complexity index is 1010. The van der Waals surface area contributed by atoms with E-state index in [4.69, 9.17) is 10.5 Å². The van der Waals surface area contributed by atoms with Crippen molar-refractivity contribution in [2.75, 3.05) is 6.54 Å². The number of carbonyl (C=O) groups excluding carboxylic acids is 1. The van der Waals surface area contributed by atoms with E-state index < -0.39 is 17.6 Å². The number of hydrogen-bond acceptors (Lipinski definition) is 5. The van der Waals surface area contributed by atoms with Crippen LogP contribution in [-0.2, 0) is 17.9 Å². The molecule has 1 aliphatic rings. The summed E-state index contributed by atoms with van der Waals surface area (Å²) in [6.45, 7) is 3.64. The molecule has 6 nitrogen and oxygen atoms in total. The van der Waals surface area contributed by atoms with Gasteiger partial charge in [-0.3, -0.25) is 14.7 Å². The summed E-state index contributed by atoms with van der Waals surface area (Å²) in [6, 6.07) is 17.6. The lowest BCUT2D eigenvalue weighted by Gasteiger charge is -2.31. The number of aliphatic hydroxyl groups excluding tert-OH is 1. The van der Waals surface area contributed by atoms with E-state index in [0.29, 0.717) is 17.8 Å². The number of benzene rings is 2. The molecular weight excluding hydrogens is 366 g/mol. The summed E-state index contributed by atoms with van der Waals surface area (Å²) in [6.07, 6.45) is 1.01. The van der Waals surface area contributed by atoms with Crippen molar-refractivity contribution in [3.8, 4) is 5.75 Å². The number of ether oxygens (including phenoxy) is 1. The summed E-state index contributed by atoms with van der Waals surface area (Å²) in [5.74, 6) is -0.139. The van der Waals surface area contributed by atoms with Crippen molar-refractivity contribution >= 4 is 16.8 Å². The fourth-order valence-corrected chi connectivity index (χ4v) is 3.94. The van der Waals surface area contributed by atoms with Crippen molar-refractivity contribution in [2.45, 2.75) is 38.1 Å². The van der Waals surface area contributed by atoms with E-state index >= 15 is 0 Å². The lowest BCUT2D eigenvalue weighted by molar-refractivity contribution is -0.134. The highest BCUT2D eigenvalue weighted by Gasteiger charge is 2.37. The Morgan fingerprint density at radius 2 is 1.86 bits per heavy atom. The third-order valence-electron chi connectivity index (χ3n) is 5.45. The lowest BCUT2D eigenvalue weighted by Crippen LogP contribution is -2.50. The van der Waals surface area contributed by atoms with Crippen molar-refractivity contribution in [1.29, 1.82) is 0 Å². The van der Waals surface area contributed by atoms with Gasteiger partial charge in [0.05, 0.1) is 6.10 Å². The predicted molar refractivity (Wildman–Crippen MR) is 111 cm³/mol. The molecule has 3 N–H and O–H groups in total. The van der Waals surface area contributed by atoms with E-state index in [0.717, 1.165) is 18.5 Å². The van der Waals surface area contributed by atoms with Gasteiger partial charge in [-0.15, -0.1) is 0 Å². The number of carbonyl (C=O) groups is 1. The molecule has 2 aromatic carbocycles. The zero-order valence-corrected chi connectivity index (χ0v) is 16.4. The fourth-order valence-electron chi connectivity index (χ4n) is 3.94. The van der Waals surface area contributed by atoms with Gasteiger partial charge < -0.3 is 15.6 Å². The highest BCUT2D eigenvalue weighted by atomic mass is 16.5. The maximum atomic E-state index is 12.3. The number of fused-ring (bicyclic) bond motifs is 2. The second-order valence-electron chi connectivity index (χ2n) is 7.82. The first-order chi connectivity index (χ1) is 13.9. The minimum atomic E-state index is -1.35. The van der Waals surface area contributed by atoms with E-state index in [2.05, 4.69) is 22.0 Å². The number of pyridine rings is 1. The zero-order chi connectivity index (χ0) is 20.4. The number of amides is 1. The van der Waals surface area contributed by atoms with Crippen molar-refractivity contribution < 1.29 is 14.6 Å². The Hall–Kier alpha value is -2.96. The molecule has 0 spiro atoms. The first-order valence-corrected chi connectivity index (χ1v) is 9.74. The van der Waals surface area contributed by atoms with Crippen molar-refractivity contribution in [1.82, 2.24) is 9.88 Å². The number of rotatable bonds is 7. The molecule has 1 unspecified atom stereocenters. The number of primary amides is 1. The van der Waals surface area contributed by atoms with Crippen LogP contribution in [-0.4, -0.2) is 39.1 Å². The summed E-state index contributed by atoms with van der Waals surface area (Å²) < 4.78 is 6.06. The van der Waals surface area contributed by atoms with Crippen LogP contribution in [0, 0.1) is 0 Å². The molecule has 0 radical (unpaired) electrons. The maximum absolute atomic E-state index is 12.3. The van der Waals surface area contributed by atoms with Gasteiger partial charge in [0.1, 0.15) is 11.3 Å². The molecule has 150 valence electrons. The smallest absolute Gasteiger partial charge is 0.261 e. The van der Waals surface area contributed by atoms with Gasteiger partial charge in [0, 0.05) is 37.6 Å². The van der Waals surface area contributed by atoms with Gasteiger partial charge in [-0.05, 0) is 30.2 Å². The topological polar surface area (TPSA) is 88.7 Å². The summed E-state index contributed by atoms with van der Waals surface area (Å²) in [7, 11) is 0. The molecule has 2 heterocycles. The Morgan fingerprint density at radius 1 is 1.17 bits per heavy atom. The largest absolute Gasteiger partial charge is 0.475 e. The quantitative estimate of drug-likeness (QED) is 0.646. The average Bonchev–Trinajstić information content (AvgIpc) is 3.10. The SMILES string of the molecule is CC(C[C@H](O)CN1Cc2ccccc2C1)(Oc1cccc2cccnc12)C(N)=O. The third-order valence-corrected chi connectivity index (χ3v) is 5.45. The Morgan fingerprint density at radius 3 is 2.55 bits per heavy atom. The first-order valence-electron chi connectivity index (χ1n) is 9.74. The Kier molecular flexibility index (Phi) is 5.22. The lowest BCUT2D eigenvalue weighted by atomic mass is 9.96. The van der Waals surface area contributed by atoms with E-state index in [1.54, 1.807) is 19.2 Å². The average molecular weight is 391 g/mol. The molecule has 0 aliphatic carbocycles. The number of aromatic nitrogens is 1. The monoisotopic (exact) mass is 391 g/mol. The molecule has 0 saturated carbocycles. The van der Waals surface area contributed by atoms with Crippen LogP contribution in [0.2, 0.25) is 0 Å². The minimum absolute atomic E-state index is 0.0956. The molecule has 6 heteroatoms. The van der Waals surface area contributed by atoms with Crippen LogP contribution < -0.4 is 10.5 Å². The van der Waals surface area contributed by atoms with Crippen LogP contribution in [0.1, 0.15) is 24.5 Å². The molecule has 1 aliphatic heterocycles. The standard InChI is InChI=1S/C23H25N3O3/c1-23(22(24)28,29-20-10-4-8-16-9-5-11-25-21(16)20)12-19(27)15-26-13-17-6-2-3-7-18(17)14-26/h2-11,19,27H,12-15H2,1H3,(H2,24,28)/t19-,23?/m0/s1. The minimum Gasteiger partial charge on any atom is -0.475 e. The highest BCUT2D eigenvalue weighted by Crippen LogP contribution is 2.30. The summed E-state index contributed by atoms with van der Waals surface area (Å²) in [5, 5.41) is 11.6. The highest BCUT2D eigenvalue weighted by molar-refractivity contribution is 5.87. The van der Waals surface area contributed by atoms with Crippen LogP contribution in [0.5, 0.6) is 5.75 Å². The van der Waals surface area contributed by atoms with Crippen LogP contribution in [0.25, 0.3) is 10.9 Å². The molecule has 1 aromatic heterocycles. The van der Waals surface area contributed by atoms with E-state index in [-0.39, 0.29) is 6.42 Å². The van der Waals surface area contributed by atoms with Gasteiger partial charge in [-0.2, -0.15) is 0 Å². The molecule has 0 saturated heterocycles. The molecule has 2 atom stereocenters. The third kappa shape index (κ3) is 4.09. The van der Waals surface area contributed by atoms with Crippen molar-refractivity contribution in [3.05, 3.63) is 71.9 Å². The van der Waals surface area contributed by atoms with Gasteiger partial charge in [0.15, 0.2) is 5.60 Å². The van der Waals surface area contributed by atoms with E-state index in [1.807, 2.05) is 36.4 Å². The zero-order valence-electron chi connectivity index (χ0n) is 16.4. The number of aliphatic hydroxyl groups is 1. The van der Waals surface area contributed by atoms with Crippen LogP contribution in [0.4, 0.5) is 0 Å². The van der Waals surface area contributed by atoms with Crippen LogP contribution in [0.3, 0.4) is 0 Å². The molecule has 0 bridgehead atoms. The van der Waals surface area contributed by atoms with Crippen LogP contribution >= 0.6 is 0 Å². The van der Waals surface area contributed by atoms with Gasteiger partial charge in [0.2, 0.25) is 0 Å². The molecule has 4 rings (SSSR count). The van der Waals surface area contributed by atoms with Crippen molar-refractivity contribution in [2.24, 2.45) is 5.73 Å². The van der Waals surface area contributed by atoms with Crippen molar-refractivity contribution in [3.63, 3.8) is 0 Å². The molecule has 0 fully saturated rings. The number of para-hydroxylation sites is 1. The van der Waals surface area contributed by atoms with E-state index in [1.165, 1.54) is 11.1 Å². The van der Waals surface area contributed by atoms with Gasteiger partial charge >= 0.3 is 0 Å². The van der Waals surface area contributed by atoms with E-state index in [9.17, 15) is 9.90 Å². The molecule has 29 heavy (non-hydrogen) atoms. The summed E-state index contributed by atoms with van der Waals surface area (Å²) >= 11 is 0. The molecule has 3 aromatic rings. The maximum Gasteiger partial charge on any atom is 0.261 e. The second kappa shape index (κ2) is 7.81. The summed E-state index contributed by atoms with van der Waals surface area (Å²) in [4.78, 5) is 18.8. The Balaban J connectivity index is 1.47. The Labute approximate surface area is 169 Å². The number of nitrogens with zero attached hydrogens (tertiary/aromatic N) is 2. The number of hydrogen-bond donors (Lipinski definition) is 2. The summed E-state index contributed by atoms with van der Waals surface area (Å²) in [5.41, 5.74) is 7.54. The predicted octanol–water partition coefficient (Wildman–Crippen LogP) is 2.62. The van der Waals surface area contributed by atoms with Gasteiger partial charge in [-0.1, -0.05) is 42.5 Å².